The van der Waals surface area contributed by atoms with E-state index in [2.05, 4.69) is 5.32 Å². The molecule has 0 radical (unpaired) electrons. The minimum atomic E-state index is -3.10. The second kappa shape index (κ2) is 6.75. The normalized spacial score (nSPS) is 13.3. The summed E-state index contributed by atoms with van der Waals surface area (Å²) in [5, 5.41) is 3.25. The summed E-state index contributed by atoms with van der Waals surface area (Å²) >= 11 is 0. The van der Waals surface area contributed by atoms with Crippen LogP contribution in [0.2, 0.25) is 0 Å². The average Bonchev–Trinajstić information content (AvgIpc) is 2.35. The summed E-state index contributed by atoms with van der Waals surface area (Å²) in [4.78, 5) is 0.381. The standard InChI is InChI=1S/C13H22N2O2S/c1-3-18(16,17)13-8-6-12(7-9-13)15-10-4-5-11(2)14/h6-9,11,15H,3-5,10,14H2,1-2H3. The van der Waals surface area contributed by atoms with Crippen LogP contribution in [0, 0.1) is 0 Å². The average molecular weight is 270 g/mol. The lowest BCUT2D eigenvalue weighted by Crippen LogP contribution is -2.16. The first-order valence-electron chi connectivity index (χ1n) is 6.28. The van der Waals surface area contributed by atoms with Crippen molar-refractivity contribution in [1.82, 2.24) is 0 Å². The number of nitrogens with two attached hydrogens (primary N) is 1. The molecule has 0 saturated carbocycles. The van der Waals surface area contributed by atoms with Crippen molar-refractivity contribution in [2.24, 2.45) is 5.73 Å². The van der Waals surface area contributed by atoms with Gasteiger partial charge in [-0.05, 0) is 44.0 Å². The molecule has 0 spiro atoms. The SMILES string of the molecule is CCS(=O)(=O)c1ccc(NCCCC(C)N)cc1. The predicted molar refractivity (Wildman–Crippen MR) is 75.5 cm³/mol. The van der Waals surface area contributed by atoms with Gasteiger partial charge in [0.15, 0.2) is 9.84 Å². The van der Waals surface area contributed by atoms with Gasteiger partial charge >= 0.3 is 0 Å². The van der Waals surface area contributed by atoms with Crippen LogP contribution in [0.1, 0.15) is 26.7 Å². The molecule has 0 aromatic heterocycles. The maximum atomic E-state index is 11.6. The monoisotopic (exact) mass is 270 g/mol. The minimum Gasteiger partial charge on any atom is -0.385 e. The van der Waals surface area contributed by atoms with Crippen LogP contribution in [-0.2, 0) is 9.84 Å². The molecule has 18 heavy (non-hydrogen) atoms. The van der Waals surface area contributed by atoms with E-state index in [4.69, 9.17) is 5.73 Å². The highest BCUT2D eigenvalue weighted by Crippen LogP contribution is 2.15. The van der Waals surface area contributed by atoms with Gasteiger partial charge in [0, 0.05) is 18.3 Å². The molecule has 5 heteroatoms. The van der Waals surface area contributed by atoms with Gasteiger partial charge in [0.2, 0.25) is 0 Å². The summed E-state index contributed by atoms with van der Waals surface area (Å²) < 4.78 is 23.2. The van der Waals surface area contributed by atoms with E-state index < -0.39 is 9.84 Å². The molecule has 1 aromatic carbocycles. The molecule has 1 unspecified atom stereocenters. The summed E-state index contributed by atoms with van der Waals surface area (Å²) in [7, 11) is -3.10. The zero-order valence-corrected chi connectivity index (χ0v) is 11.8. The molecule has 0 aliphatic heterocycles. The van der Waals surface area contributed by atoms with E-state index in [1.54, 1.807) is 31.2 Å². The number of anilines is 1. The minimum absolute atomic E-state index is 0.133. The Labute approximate surface area is 110 Å². The van der Waals surface area contributed by atoms with Gasteiger partial charge in [0.05, 0.1) is 10.6 Å². The molecular formula is C13H22N2O2S. The molecule has 0 aliphatic carbocycles. The van der Waals surface area contributed by atoms with Crippen LogP contribution in [0.25, 0.3) is 0 Å². The van der Waals surface area contributed by atoms with E-state index in [0.29, 0.717) is 4.90 Å². The molecule has 0 fully saturated rings. The van der Waals surface area contributed by atoms with Crippen LogP contribution in [0.15, 0.2) is 29.2 Å². The molecule has 0 saturated heterocycles. The maximum Gasteiger partial charge on any atom is 0.178 e. The predicted octanol–water partition coefficient (Wildman–Crippen LogP) is 2.02. The summed E-state index contributed by atoms with van der Waals surface area (Å²) in [6, 6.07) is 7.12. The first-order valence-corrected chi connectivity index (χ1v) is 7.93. The molecule has 102 valence electrons. The van der Waals surface area contributed by atoms with Gasteiger partial charge in [-0.1, -0.05) is 6.92 Å². The Morgan fingerprint density at radius 2 is 1.89 bits per heavy atom. The van der Waals surface area contributed by atoms with Gasteiger partial charge < -0.3 is 11.1 Å². The lowest BCUT2D eigenvalue weighted by atomic mass is 10.2. The quantitative estimate of drug-likeness (QED) is 0.744. The molecule has 0 aliphatic rings. The highest BCUT2D eigenvalue weighted by atomic mass is 32.2. The number of hydrogen-bond donors (Lipinski definition) is 2. The van der Waals surface area contributed by atoms with Crippen molar-refractivity contribution in [1.29, 1.82) is 0 Å². The van der Waals surface area contributed by atoms with Gasteiger partial charge in [0.1, 0.15) is 0 Å². The summed E-state index contributed by atoms with van der Waals surface area (Å²) in [5.74, 6) is 0.133. The molecular weight excluding hydrogens is 248 g/mol. The van der Waals surface area contributed by atoms with Crippen molar-refractivity contribution in [3.05, 3.63) is 24.3 Å². The largest absolute Gasteiger partial charge is 0.385 e. The number of nitrogens with one attached hydrogen (secondary N) is 1. The Hall–Kier alpha value is -1.07. The summed E-state index contributed by atoms with van der Waals surface area (Å²) in [6.45, 7) is 4.49. The van der Waals surface area contributed by atoms with E-state index in [9.17, 15) is 8.42 Å². The van der Waals surface area contributed by atoms with Crippen molar-refractivity contribution in [2.45, 2.75) is 37.6 Å². The van der Waals surface area contributed by atoms with Crippen LogP contribution in [0.4, 0.5) is 5.69 Å². The number of sulfone groups is 1. The molecule has 0 heterocycles. The Morgan fingerprint density at radius 3 is 2.39 bits per heavy atom. The number of rotatable bonds is 7. The van der Waals surface area contributed by atoms with Gasteiger partial charge in [-0.2, -0.15) is 0 Å². The highest BCUT2D eigenvalue weighted by molar-refractivity contribution is 7.91. The third-order valence-corrected chi connectivity index (χ3v) is 4.51. The zero-order valence-electron chi connectivity index (χ0n) is 11.0. The van der Waals surface area contributed by atoms with Crippen LogP contribution < -0.4 is 11.1 Å². The van der Waals surface area contributed by atoms with E-state index in [0.717, 1.165) is 25.1 Å². The van der Waals surface area contributed by atoms with Crippen LogP contribution in [-0.4, -0.2) is 26.8 Å². The molecule has 0 amide bonds. The number of hydrogen-bond acceptors (Lipinski definition) is 4. The van der Waals surface area contributed by atoms with Crippen molar-refractivity contribution < 1.29 is 8.42 Å². The third-order valence-electron chi connectivity index (χ3n) is 2.76. The number of benzene rings is 1. The Morgan fingerprint density at radius 1 is 1.28 bits per heavy atom. The topological polar surface area (TPSA) is 72.2 Å². The van der Waals surface area contributed by atoms with Crippen LogP contribution in [0.3, 0.4) is 0 Å². The zero-order chi connectivity index (χ0) is 13.6. The Bertz CT molecular complexity index is 452. The molecule has 1 aromatic rings. The lowest BCUT2D eigenvalue weighted by molar-refractivity contribution is 0.597. The molecule has 4 nitrogen and oxygen atoms in total. The van der Waals surface area contributed by atoms with E-state index >= 15 is 0 Å². The fourth-order valence-electron chi connectivity index (χ4n) is 1.60. The van der Waals surface area contributed by atoms with Crippen molar-refractivity contribution in [2.75, 3.05) is 17.6 Å². The molecule has 3 N–H and O–H groups in total. The van der Waals surface area contributed by atoms with Gasteiger partial charge in [-0.25, -0.2) is 8.42 Å². The molecule has 1 rings (SSSR count). The first kappa shape index (κ1) is 15.0. The van der Waals surface area contributed by atoms with Crippen LogP contribution in [0.5, 0.6) is 0 Å². The smallest absolute Gasteiger partial charge is 0.178 e. The third kappa shape index (κ3) is 4.66. The van der Waals surface area contributed by atoms with Gasteiger partial charge in [-0.3, -0.25) is 0 Å². The summed E-state index contributed by atoms with van der Waals surface area (Å²) in [5.41, 5.74) is 6.60. The first-order chi connectivity index (χ1) is 8.45. The fraction of sp³-hybridized carbons (Fsp3) is 0.538. The van der Waals surface area contributed by atoms with Gasteiger partial charge in [0.25, 0.3) is 0 Å². The lowest BCUT2D eigenvalue weighted by Gasteiger charge is -2.08. The van der Waals surface area contributed by atoms with E-state index in [1.165, 1.54) is 0 Å². The van der Waals surface area contributed by atoms with Crippen molar-refractivity contribution in [3.63, 3.8) is 0 Å². The van der Waals surface area contributed by atoms with Gasteiger partial charge in [-0.15, -0.1) is 0 Å². The molecule has 1 atom stereocenters. The maximum absolute atomic E-state index is 11.6. The van der Waals surface area contributed by atoms with Crippen molar-refractivity contribution in [3.8, 4) is 0 Å². The second-order valence-corrected chi connectivity index (χ2v) is 6.75. The summed E-state index contributed by atoms with van der Waals surface area (Å²) in [6.07, 6.45) is 1.99. The highest BCUT2D eigenvalue weighted by Gasteiger charge is 2.10. The van der Waals surface area contributed by atoms with Crippen LogP contribution >= 0.6 is 0 Å². The second-order valence-electron chi connectivity index (χ2n) is 4.47. The Kier molecular flexibility index (Phi) is 5.62. The van der Waals surface area contributed by atoms with E-state index in [1.807, 2.05) is 6.92 Å². The Balaban J connectivity index is 2.51. The fourth-order valence-corrected chi connectivity index (χ4v) is 2.49. The van der Waals surface area contributed by atoms with E-state index in [-0.39, 0.29) is 11.8 Å². The molecule has 0 bridgehead atoms. The van der Waals surface area contributed by atoms with Crippen molar-refractivity contribution >= 4 is 15.5 Å².